The number of halogens is 2. The Kier molecular flexibility index (Phi) is 13.4. The molecule has 6 nitrogen and oxygen atoms in total. The van der Waals surface area contributed by atoms with E-state index in [0.29, 0.717) is 0 Å². The van der Waals surface area contributed by atoms with Gasteiger partial charge in [0.1, 0.15) is 6.54 Å². The molecular weight excluding hydrogens is 221 g/mol. The maximum Gasteiger partial charge on any atom is 0.322 e. The lowest BCUT2D eigenvalue weighted by Crippen LogP contribution is -2.46. The Morgan fingerprint density at radius 1 is 1.38 bits per heavy atom. The number of hydrogen-bond acceptors (Lipinski definition) is 4. The maximum absolute atomic E-state index is 10.7. The van der Waals surface area contributed by atoms with Crippen LogP contribution in [0.25, 0.3) is 0 Å². The van der Waals surface area contributed by atoms with Crippen molar-refractivity contribution in [3.8, 4) is 0 Å². The van der Waals surface area contributed by atoms with Gasteiger partial charge >= 0.3 is 5.97 Å². The van der Waals surface area contributed by atoms with Crippen molar-refractivity contribution >= 4 is 36.7 Å². The quantitative estimate of drug-likeness (QED) is 0.463. The summed E-state index contributed by atoms with van der Waals surface area (Å²) in [6, 6.07) is -0.825. The van der Waals surface area contributed by atoms with E-state index in [2.05, 4.69) is 5.32 Å². The van der Waals surface area contributed by atoms with Crippen molar-refractivity contribution in [3.05, 3.63) is 0 Å². The number of aliphatic carboxylic acids is 1. The molecule has 0 radical (unpaired) electrons. The third-order valence-electron chi connectivity index (χ3n) is 1.00. The number of amides is 1. The van der Waals surface area contributed by atoms with Crippen molar-refractivity contribution in [2.45, 2.75) is 6.04 Å². The number of nitrogens with two attached hydrogens (primary N) is 2. The van der Waals surface area contributed by atoms with Crippen molar-refractivity contribution in [1.82, 2.24) is 5.32 Å². The van der Waals surface area contributed by atoms with Crippen LogP contribution in [0.15, 0.2) is 0 Å². The predicted molar refractivity (Wildman–Crippen MR) is 52.2 cm³/mol. The van der Waals surface area contributed by atoms with Crippen LogP contribution in [0, 0.1) is 0 Å². The lowest BCUT2D eigenvalue weighted by atomic mass is 10.3. The number of carboxylic acid groups (broad SMARTS) is 1. The molecular formula is C5H13Cl2N3O3. The van der Waals surface area contributed by atoms with Gasteiger partial charge in [-0.2, -0.15) is 0 Å². The fourth-order valence-electron chi connectivity index (χ4n) is 0.401. The van der Waals surface area contributed by atoms with Gasteiger partial charge in [-0.1, -0.05) is 0 Å². The molecule has 0 saturated carbocycles. The van der Waals surface area contributed by atoms with Crippen LogP contribution in [0.4, 0.5) is 0 Å². The van der Waals surface area contributed by atoms with Gasteiger partial charge in [-0.25, -0.2) is 0 Å². The predicted octanol–water partition coefficient (Wildman–Crippen LogP) is -1.68. The SMILES string of the molecule is Cl.Cl.NC[C@@H](N)C(=O)NCC(=O)O. The zero-order valence-electron chi connectivity index (χ0n) is 6.73. The summed E-state index contributed by atoms with van der Waals surface area (Å²) >= 11 is 0. The zero-order valence-corrected chi connectivity index (χ0v) is 8.36. The molecule has 0 spiro atoms. The highest BCUT2D eigenvalue weighted by Crippen LogP contribution is 1.73. The van der Waals surface area contributed by atoms with Crippen LogP contribution in [-0.2, 0) is 9.59 Å². The van der Waals surface area contributed by atoms with E-state index in [9.17, 15) is 9.59 Å². The van der Waals surface area contributed by atoms with Crippen molar-refractivity contribution in [2.75, 3.05) is 13.1 Å². The fraction of sp³-hybridized carbons (Fsp3) is 0.600. The van der Waals surface area contributed by atoms with Gasteiger partial charge in [-0.3, -0.25) is 9.59 Å². The summed E-state index contributed by atoms with van der Waals surface area (Å²) in [7, 11) is 0. The maximum atomic E-state index is 10.7. The number of hydrogen-bond donors (Lipinski definition) is 4. The van der Waals surface area contributed by atoms with E-state index in [1.807, 2.05) is 0 Å². The molecule has 0 aromatic carbocycles. The zero-order chi connectivity index (χ0) is 8.85. The summed E-state index contributed by atoms with van der Waals surface area (Å²) in [6.45, 7) is -0.419. The van der Waals surface area contributed by atoms with Crippen LogP contribution in [0.1, 0.15) is 0 Å². The van der Waals surface area contributed by atoms with Crippen molar-refractivity contribution in [1.29, 1.82) is 0 Å². The summed E-state index contributed by atoms with van der Waals surface area (Å²) in [6.07, 6.45) is 0. The second-order valence-electron chi connectivity index (χ2n) is 1.95. The highest BCUT2D eigenvalue weighted by Gasteiger charge is 2.10. The lowest BCUT2D eigenvalue weighted by molar-refractivity contribution is -0.138. The molecule has 0 aliphatic heterocycles. The smallest absolute Gasteiger partial charge is 0.322 e. The highest BCUT2D eigenvalue weighted by molar-refractivity contribution is 5.86. The minimum atomic E-state index is -1.11. The average molecular weight is 234 g/mol. The van der Waals surface area contributed by atoms with E-state index < -0.39 is 24.5 Å². The Morgan fingerprint density at radius 3 is 2.15 bits per heavy atom. The second kappa shape index (κ2) is 9.53. The van der Waals surface area contributed by atoms with Gasteiger partial charge in [0, 0.05) is 6.54 Å². The molecule has 6 N–H and O–H groups in total. The Balaban J connectivity index is -0.000000500. The van der Waals surface area contributed by atoms with Gasteiger partial charge in [-0.15, -0.1) is 24.8 Å². The topological polar surface area (TPSA) is 118 Å². The number of carbonyl (C=O) groups excluding carboxylic acids is 1. The van der Waals surface area contributed by atoms with Crippen LogP contribution in [0.5, 0.6) is 0 Å². The molecule has 0 aliphatic rings. The molecule has 1 amide bonds. The van der Waals surface area contributed by atoms with E-state index in [1.54, 1.807) is 0 Å². The average Bonchev–Trinajstić information content (AvgIpc) is 1.98. The lowest BCUT2D eigenvalue weighted by Gasteiger charge is -2.06. The molecule has 0 aromatic rings. The third kappa shape index (κ3) is 9.35. The molecule has 0 heterocycles. The van der Waals surface area contributed by atoms with E-state index in [1.165, 1.54) is 0 Å². The van der Waals surface area contributed by atoms with Crippen LogP contribution in [0.3, 0.4) is 0 Å². The summed E-state index contributed by atoms with van der Waals surface area (Å²) in [4.78, 5) is 20.6. The molecule has 0 aliphatic carbocycles. The molecule has 0 rings (SSSR count). The van der Waals surface area contributed by atoms with Crippen LogP contribution >= 0.6 is 24.8 Å². The van der Waals surface area contributed by atoms with E-state index in [-0.39, 0.29) is 31.4 Å². The number of carbonyl (C=O) groups is 2. The van der Waals surface area contributed by atoms with Gasteiger partial charge in [-0.05, 0) is 0 Å². The number of nitrogens with one attached hydrogen (secondary N) is 1. The van der Waals surface area contributed by atoms with Crippen molar-refractivity contribution < 1.29 is 14.7 Å². The van der Waals surface area contributed by atoms with Gasteiger partial charge in [0.25, 0.3) is 0 Å². The molecule has 8 heteroatoms. The van der Waals surface area contributed by atoms with Gasteiger partial charge in [0.05, 0.1) is 6.04 Å². The first-order valence-corrected chi connectivity index (χ1v) is 3.03. The minimum Gasteiger partial charge on any atom is -0.480 e. The van der Waals surface area contributed by atoms with E-state index in [4.69, 9.17) is 16.6 Å². The third-order valence-corrected chi connectivity index (χ3v) is 1.00. The molecule has 0 unspecified atom stereocenters. The first-order chi connectivity index (χ1) is 5.07. The molecule has 0 saturated heterocycles. The van der Waals surface area contributed by atoms with Crippen LogP contribution < -0.4 is 16.8 Å². The van der Waals surface area contributed by atoms with Crippen LogP contribution in [-0.4, -0.2) is 36.1 Å². The largest absolute Gasteiger partial charge is 0.480 e. The molecule has 13 heavy (non-hydrogen) atoms. The van der Waals surface area contributed by atoms with Crippen LogP contribution in [0.2, 0.25) is 0 Å². The summed E-state index contributed by atoms with van der Waals surface area (Å²) in [5.41, 5.74) is 10.2. The molecule has 80 valence electrons. The summed E-state index contributed by atoms with van der Waals surface area (Å²) in [5.74, 6) is -1.66. The van der Waals surface area contributed by atoms with Gasteiger partial charge < -0.3 is 21.9 Å². The molecule has 0 aromatic heterocycles. The Labute approximate surface area is 87.9 Å². The molecule has 0 bridgehead atoms. The Morgan fingerprint density at radius 2 is 1.85 bits per heavy atom. The van der Waals surface area contributed by atoms with Gasteiger partial charge in [0.15, 0.2) is 0 Å². The summed E-state index contributed by atoms with van der Waals surface area (Å²) < 4.78 is 0. The minimum absolute atomic E-state index is 0. The number of rotatable bonds is 4. The highest BCUT2D eigenvalue weighted by atomic mass is 35.5. The van der Waals surface area contributed by atoms with Gasteiger partial charge in [0.2, 0.25) is 5.91 Å². The number of carboxylic acids is 1. The fourth-order valence-corrected chi connectivity index (χ4v) is 0.401. The summed E-state index contributed by atoms with van der Waals surface area (Å²) in [5, 5.41) is 10.2. The normalized spacial score (nSPS) is 10.3. The monoisotopic (exact) mass is 233 g/mol. The Hall–Kier alpha value is -0.560. The first-order valence-electron chi connectivity index (χ1n) is 3.03. The van der Waals surface area contributed by atoms with E-state index >= 15 is 0 Å². The first kappa shape index (κ1) is 18.3. The molecule has 0 fully saturated rings. The Bertz CT molecular complexity index is 167. The van der Waals surface area contributed by atoms with Crippen molar-refractivity contribution in [3.63, 3.8) is 0 Å². The van der Waals surface area contributed by atoms with Crippen molar-refractivity contribution in [2.24, 2.45) is 11.5 Å². The standard InChI is InChI=1S/C5H11N3O3.2ClH/c6-1-3(7)5(11)8-2-4(9)10;;/h3H,1-2,6-7H2,(H,8,11)(H,9,10);2*1H/t3-;;/m1../s1. The van der Waals surface area contributed by atoms with E-state index in [0.717, 1.165) is 0 Å². The second-order valence-corrected chi connectivity index (χ2v) is 1.95. The molecule has 1 atom stereocenters.